The SMILES string of the molecule is NC(=O)c1cccc(CNC(=O)N2CCC3(CC2)CC(=O)c2cc(F)ccc2N3)c1. The number of Topliss-reactive ketones (excluding diaryl/α,β-unsaturated/α-hetero) is 1. The van der Waals surface area contributed by atoms with Gasteiger partial charge in [0.05, 0.1) is 0 Å². The number of hydrogen-bond donors (Lipinski definition) is 3. The monoisotopic (exact) mass is 410 g/mol. The zero-order chi connectivity index (χ0) is 21.3. The third-order valence-electron chi connectivity index (χ3n) is 5.84. The number of halogens is 1. The molecule has 0 aromatic heterocycles. The van der Waals surface area contributed by atoms with Crippen LogP contribution < -0.4 is 16.4 Å². The van der Waals surface area contributed by atoms with E-state index in [1.54, 1.807) is 29.2 Å². The van der Waals surface area contributed by atoms with E-state index in [1.165, 1.54) is 12.1 Å². The molecule has 7 nitrogen and oxygen atoms in total. The molecular formula is C22H23FN4O3. The molecule has 0 aliphatic carbocycles. The van der Waals surface area contributed by atoms with Crippen LogP contribution in [0.4, 0.5) is 14.9 Å². The summed E-state index contributed by atoms with van der Waals surface area (Å²) in [5.74, 6) is -1.01. The molecule has 156 valence electrons. The van der Waals surface area contributed by atoms with Crippen molar-refractivity contribution in [3.63, 3.8) is 0 Å². The smallest absolute Gasteiger partial charge is 0.317 e. The molecule has 0 saturated carbocycles. The maximum absolute atomic E-state index is 13.4. The number of benzene rings is 2. The fourth-order valence-electron chi connectivity index (χ4n) is 4.15. The van der Waals surface area contributed by atoms with Gasteiger partial charge in [-0.1, -0.05) is 12.1 Å². The molecule has 0 radical (unpaired) electrons. The van der Waals surface area contributed by atoms with Gasteiger partial charge in [-0.3, -0.25) is 9.59 Å². The number of piperidine rings is 1. The van der Waals surface area contributed by atoms with E-state index in [0.717, 1.165) is 5.56 Å². The summed E-state index contributed by atoms with van der Waals surface area (Å²) in [6.45, 7) is 1.30. The maximum Gasteiger partial charge on any atom is 0.317 e. The van der Waals surface area contributed by atoms with E-state index in [1.807, 2.05) is 6.07 Å². The van der Waals surface area contributed by atoms with Gasteiger partial charge < -0.3 is 21.3 Å². The van der Waals surface area contributed by atoms with Crippen molar-refractivity contribution in [2.45, 2.75) is 31.3 Å². The van der Waals surface area contributed by atoms with Crippen LogP contribution in [0.3, 0.4) is 0 Å². The zero-order valence-corrected chi connectivity index (χ0v) is 16.4. The van der Waals surface area contributed by atoms with Crippen molar-refractivity contribution in [1.29, 1.82) is 0 Å². The normalized spacial score (nSPS) is 17.2. The Bertz CT molecular complexity index is 1020. The van der Waals surface area contributed by atoms with E-state index < -0.39 is 17.3 Å². The predicted octanol–water partition coefficient (Wildman–Crippen LogP) is 2.67. The molecule has 2 aromatic rings. The lowest BCUT2D eigenvalue weighted by molar-refractivity contribution is 0.0914. The van der Waals surface area contributed by atoms with E-state index >= 15 is 0 Å². The van der Waals surface area contributed by atoms with Gasteiger partial charge in [0, 0.05) is 48.4 Å². The second-order valence-corrected chi connectivity index (χ2v) is 7.91. The Morgan fingerprint density at radius 1 is 1.17 bits per heavy atom. The van der Waals surface area contributed by atoms with Gasteiger partial charge in [-0.25, -0.2) is 9.18 Å². The average molecular weight is 410 g/mol. The van der Waals surface area contributed by atoms with Crippen LogP contribution in [0.1, 0.15) is 45.5 Å². The van der Waals surface area contributed by atoms with Gasteiger partial charge in [-0.05, 0) is 48.7 Å². The van der Waals surface area contributed by atoms with Gasteiger partial charge in [0.25, 0.3) is 0 Å². The second-order valence-electron chi connectivity index (χ2n) is 7.91. The number of likely N-dealkylation sites (tertiary alicyclic amines) is 1. The zero-order valence-electron chi connectivity index (χ0n) is 16.4. The molecular weight excluding hydrogens is 387 g/mol. The lowest BCUT2D eigenvalue weighted by atomic mass is 9.78. The molecule has 2 aromatic carbocycles. The van der Waals surface area contributed by atoms with Gasteiger partial charge in [-0.2, -0.15) is 0 Å². The highest BCUT2D eigenvalue weighted by molar-refractivity contribution is 6.04. The van der Waals surface area contributed by atoms with Gasteiger partial charge >= 0.3 is 6.03 Å². The lowest BCUT2D eigenvalue weighted by Crippen LogP contribution is -2.55. The van der Waals surface area contributed by atoms with E-state index in [0.29, 0.717) is 49.2 Å². The molecule has 8 heteroatoms. The summed E-state index contributed by atoms with van der Waals surface area (Å²) in [4.78, 5) is 38.1. The predicted molar refractivity (Wildman–Crippen MR) is 110 cm³/mol. The minimum Gasteiger partial charge on any atom is -0.378 e. The average Bonchev–Trinajstić information content (AvgIpc) is 2.73. The number of primary amides is 1. The number of nitrogens with one attached hydrogen (secondary N) is 2. The largest absolute Gasteiger partial charge is 0.378 e. The first-order chi connectivity index (χ1) is 14.3. The summed E-state index contributed by atoms with van der Waals surface area (Å²) in [6.07, 6.45) is 1.54. The summed E-state index contributed by atoms with van der Waals surface area (Å²) in [5, 5.41) is 6.28. The second kappa shape index (κ2) is 7.78. The Balaban J connectivity index is 1.35. The third kappa shape index (κ3) is 3.98. The van der Waals surface area contributed by atoms with E-state index in [2.05, 4.69) is 10.6 Å². The molecule has 1 fully saturated rings. The van der Waals surface area contributed by atoms with E-state index in [9.17, 15) is 18.8 Å². The molecule has 2 aliphatic heterocycles. The standard InChI is InChI=1S/C22H23FN4O3/c23-16-4-5-18-17(11-16)19(28)12-22(26-18)6-8-27(9-7-22)21(30)25-13-14-2-1-3-15(10-14)20(24)29/h1-5,10-11,26H,6-9,12-13H2,(H2,24,29)(H,25,30). The fraction of sp³-hybridized carbons (Fsp3) is 0.318. The number of urea groups is 1. The van der Waals surface area contributed by atoms with Crippen molar-refractivity contribution < 1.29 is 18.8 Å². The number of nitrogens with two attached hydrogens (primary N) is 1. The highest BCUT2D eigenvalue weighted by Crippen LogP contribution is 2.37. The first-order valence-corrected chi connectivity index (χ1v) is 9.88. The van der Waals surface area contributed by atoms with Crippen LogP contribution in [0.5, 0.6) is 0 Å². The number of anilines is 1. The van der Waals surface area contributed by atoms with Crippen molar-refractivity contribution in [2.24, 2.45) is 5.73 Å². The summed E-state index contributed by atoms with van der Waals surface area (Å²) in [6, 6.07) is 10.8. The van der Waals surface area contributed by atoms with Gasteiger partial charge in [0.1, 0.15) is 5.82 Å². The maximum atomic E-state index is 13.4. The Morgan fingerprint density at radius 3 is 2.67 bits per heavy atom. The highest BCUT2D eigenvalue weighted by Gasteiger charge is 2.41. The lowest BCUT2D eigenvalue weighted by Gasteiger charge is -2.45. The number of hydrogen-bond acceptors (Lipinski definition) is 4. The Morgan fingerprint density at radius 2 is 1.93 bits per heavy atom. The van der Waals surface area contributed by atoms with Crippen molar-refractivity contribution in [1.82, 2.24) is 10.2 Å². The number of fused-ring (bicyclic) bond motifs is 1. The van der Waals surface area contributed by atoms with Crippen LogP contribution in [-0.2, 0) is 6.54 Å². The molecule has 0 unspecified atom stereocenters. The van der Waals surface area contributed by atoms with Crippen LogP contribution in [0.25, 0.3) is 0 Å². The molecule has 1 spiro atoms. The third-order valence-corrected chi connectivity index (χ3v) is 5.84. The topological polar surface area (TPSA) is 105 Å². The van der Waals surface area contributed by atoms with Crippen LogP contribution in [0, 0.1) is 5.82 Å². The number of carbonyl (C=O) groups is 3. The minimum atomic E-state index is -0.511. The van der Waals surface area contributed by atoms with Gasteiger partial charge in [0.15, 0.2) is 5.78 Å². The van der Waals surface area contributed by atoms with Crippen molar-refractivity contribution in [2.75, 3.05) is 18.4 Å². The quantitative estimate of drug-likeness (QED) is 0.724. The molecule has 0 atom stereocenters. The first-order valence-electron chi connectivity index (χ1n) is 9.88. The number of carbonyl (C=O) groups excluding carboxylic acids is 3. The molecule has 2 aliphatic rings. The summed E-state index contributed by atoms with van der Waals surface area (Å²) >= 11 is 0. The molecule has 1 saturated heterocycles. The summed E-state index contributed by atoms with van der Waals surface area (Å²) < 4.78 is 13.4. The molecule has 30 heavy (non-hydrogen) atoms. The fourth-order valence-corrected chi connectivity index (χ4v) is 4.15. The molecule has 2 heterocycles. The number of rotatable bonds is 3. The number of nitrogens with zero attached hydrogens (tertiary/aromatic N) is 1. The summed E-state index contributed by atoms with van der Waals surface area (Å²) in [7, 11) is 0. The number of amides is 3. The van der Waals surface area contributed by atoms with E-state index in [-0.39, 0.29) is 18.4 Å². The number of ketones is 1. The van der Waals surface area contributed by atoms with E-state index in [4.69, 9.17) is 5.73 Å². The molecule has 4 N–H and O–H groups in total. The Kier molecular flexibility index (Phi) is 5.15. The first kappa shape index (κ1) is 19.9. The van der Waals surface area contributed by atoms with Crippen LogP contribution in [0.2, 0.25) is 0 Å². The highest BCUT2D eigenvalue weighted by atomic mass is 19.1. The van der Waals surface area contributed by atoms with Crippen LogP contribution in [-0.4, -0.2) is 41.2 Å². The summed E-state index contributed by atoms with van der Waals surface area (Å²) in [5.41, 5.74) is 7.11. The van der Waals surface area contributed by atoms with Gasteiger partial charge in [-0.15, -0.1) is 0 Å². The minimum absolute atomic E-state index is 0.0736. The Hall–Kier alpha value is -3.42. The van der Waals surface area contributed by atoms with Crippen molar-refractivity contribution in [3.8, 4) is 0 Å². The Labute approximate surface area is 173 Å². The van der Waals surface area contributed by atoms with Gasteiger partial charge in [0.2, 0.25) is 5.91 Å². The molecule has 4 rings (SSSR count). The molecule has 0 bridgehead atoms. The van der Waals surface area contributed by atoms with Crippen molar-refractivity contribution >= 4 is 23.4 Å². The molecule has 3 amide bonds. The van der Waals surface area contributed by atoms with Crippen molar-refractivity contribution in [3.05, 3.63) is 65.0 Å². The van der Waals surface area contributed by atoms with Crippen LogP contribution >= 0.6 is 0 Å². The van der Waals surface area contributed by atoms with Crippen LogP contribution in [0.15, 0.2) is 42.5 Å².